The number of aromatic carboxylic acids is 1. The standard InChI is InChI=1S/C18H21FN4O3S2/c1-18(2,3)23-9-11(16(25)26)13(24)10-8-12(19)15(20-14(10)23)21-4-6-22(7-5-21)17(27)28/h8-9H,4-7H2,1-3H3,(H,25,26)(H,27,28). The number of anilines is 1. The van der Waals surface area contributed by atoms with Crippen LogP contribution >= 0.6 is 24.8 Å². The van der Waals surface area contributed by atoms with E-state index in [4.69, 9.17) is 12.2 Å². The zero-order chi connectivity index (χ0) is 20.8. The number of aromatic nitrogens is 2. The van der Waals surface area contributed by atoms with Crippen LogP contribution in [0.2, 0.25) is 0 Å². The zero-order valence-corrected chi connectivity index (χ0v) is 17.5. The first-order chi connectivity index (χ1) is 13.0. The Morgan fingerprint density at radius 2 is 1.89 bits per heavy atom. The molecule has 0 radical (unpaired) electrons. The first kappa shape index (κ1) is 20.5. The molecule has 150 valence electrons. The molecule has 0 atom stereocenters. The van der Waals surface area contributed by atoms with E-state index in [0.717, 1.165) is 6.07 Å². The van der Waals surface area contributed by atoms with E-state index in [2.05, 4.69) is 17.6 Å². The van der Waals surface area contributed by atoms with E-state index in [0.29, 0.717) is 30.5 Å². The number of hydrogen-bond donors (Lipinski definition) is 2. The molecule has 0 aliphatic carbocycles. The molecule has 1 aliphatic rings. The Labute approximate surface area is 172 Å². The lowest BCUT2D eigenvalue weighted by molar-refractivity contribution is 0.0694. The van der Waals surface area contributed by atoms with Crippen LogP contribution in [0.5, 0.6) is 0 Å². The summed E-state index contributed by atoms with van der Waals surface area (Å²) in [5.74, 6) is -1.87. The van der Waals surface area contributed by atoms with Crippen molar-refractivity contribution in [3.63, 3.8) is 0 Å². The van der Waals surface area contributed by atoms with E-state index in [1.54, 1.807) is 9.47 Å². The molecule has 0 saturated carbocycles. The van der Waals surface area contributed by atoms with Crippen LogP contribution in [0.1, 0.15) is 31.1 Å². The van der Waals surface area contributed by atoms with Crippen LogP contribution in [-0.4, -0.2) is 56.0 Å². The van der Waals surface area contributed by atoms with Crippen molar-refractivity contribution in [2.75, 3.05) is 31.1 Å². The Hall–Kier alpha value is -2.20. The highest BCUT2D eigenvalue weighted by molar-refractivity contribution is 8.10. The predicted molar refractivity (Wildman–Crippen MR) is 113 cm³/mol. The minimum Gasteiger partial charge on any atom is -0.477 e. The molecule has 0 unspecified atom stereocenters. The lowest BCUT2D eigenvalue weighted by atomic mass is 10.1. The van der Waals surface area contributed by atoms with Crippen LogP contribution in [0.15, 0.2) is 17.1 Å². The molecule has 28 heavy (non-hydrogen) atoms. The molecule has 2 aromatic heterocycles. The quantitative estimate of drug-likeness (QED) is 0.566. The van der Waals surface area contributed by atoms with Crippen LogP contribution in [0, 0.1) is 5.82 Å². The lowest BCUT2D eigenvalue weighted by Gasteiger charge is -2.36. The third kappa shape index (κ3) is 3.70. The fraction of sp³-hybridized carbons (Fsp3) is 0.444. The molecule has 3 rings (SSSR count). The number of carboxylic acids is 1. The summed E-state index contributed by atoms with van der Waals surface area (Å²) in [7, 11) is 0. The number of hydrogen-bond acceptors (Lipinski definition) is 5. The fourth-order valence-corrected chi connectivity index (χ4v) is 3.59. The van der Waals surface area contributed by atoms with E-state index in [9.17, 15) is 19.1 Å². The molecule has 10 heteroatoms. The summed E-state index contributed by atoms with van der Waals surface area (Å²) >= 11 is 9.23. The van der Waals surface area contributed by atoms with Gasteiger partial charge in [-0.15, -0.1) is 12.6 Å². The summed E-state index contributed by atoms with van der Waals surface area (Å²) in [6.07, 6.45) is 1.28. The summed E-state index contributed by atoms with van der Waals surface area (Å²) in [5, 5.41) is 9.31. The Morgan fingerprint density at radius 1 is 1.29 bits per heavy atom. The van der Waals surface area contributed by atoms with Gasteiger partial charge in [0, 0.05) is 37.9 Å². The van der Waals surface area contributed by atoms with Gasteiger partial charge in [0.1, 0.15) is 15.5 Å². The van der Waals surface area contributed by atoms with Gasteiger partial charge in [-0.1, -0.05) is 12.2 Å². The lowest BCUT2D eigenvalue weighted by Crippen LogP contribution is -2.47. The normalized spacial score (nSPS) is 15.2. The molecule has 2 aromatic rings. The van der Waals surface area contributed by atoms with Crippen molar-refractivity contribution in [3.8, 4) is 0 Å². The second-order valence-corrected chi connectivity index (χ2v) is 8.75. The minimum absolute atomic E-state index is 0.0498. The second kappa shape index (κ2) is 7.32. The van der Waals surface area contributed by atoms with Gasteiger partial charge in [0.25, 0.3) is 0 Å². The highest BCUT2D eigenvalue weighted by atomic mass is 32.1. The molecule has 1 saturated heterocycles. The Kier molecular flexibility index (Phi) is 5.37. The SMILES string of the molecule is CC(C)(C)n1cc(C(=O)O)c(=O)c2cc(F)c(N3CCN(C(=S)S)CC3)nc21. The fourth-order valence-electron chi connectivity index (χ4n) is 3.21. The first-order valence-corrected chi connectivity index (χ1v) is 9.58. The average molecular weight is 425 g/mol. The molecule has 0 amide bonds. The summed E-state index contributed by atoms with van der Waals surface area (Å²) < 4.78 is 16.9. The van der Waals surface area contributed by atoms with Crippen molar-refractivity contribution in [2.24, 2.45) is 0 Å². The number of nitrogens with zero attached hydrogens (tertiary/aromatic N) is 4. The summed E-state index contributed by atoms with van der Waals surface area (Å²) in [4.78, 5) is 32.2. The zero-order valence-electron chi connectivity index (χ0n) is 15.8. The number of rotatable bonds is 2. The van der Waals surface area contributed by atoms with Crippen molar-refractivity contribution < 1.29 is 14.3 Å². The maximum atomic E-state index is 14.8. The van der Waals surface area contributed by atoms with E-state index >= 15 is 0 Å². The maximum absolute atomic E-state index is 14.8. The molecule has 1 aliphatic heterocycles. The van der Waals surface area contributed by atoms with Gasteiger partial charge in [0.05, 0.1) is 5.39 Å². The van der Waals surface area contributed by atoms with Crippen molar-refractivity contribution >= 4 is 52.0 Å². The smallest absolute Gasteiger partial charge is 0.341 e. The maximum Gasteiger partial charge on any atom is 0.341 e. The van der Waals surface area contributed by atoms with Crippen molar-refractivity contribution in [3.05, 3.63) is 33.9 Å². The van der Waals surface area contributed by atoms with Gasteiger partial charge in [-0.2, -0.15) is 0 Å². The summed E-state index contributed by atoms with van der Waals surface area (Å²) in [6.45, 7) is 7.77. The first-order valence-electron chi connectivity index (χ1n) is 8.73. The van der Waals surface area contributed by atoms with Gasteiger partial charge in [-0.05, 0) is 26.8 Å². The summed E-state index contributed by atoms with van der Waals surface area (Å²) in [5.41, 5.74) is -1.46. The Morgan fingerprint density at radius 3 is 2.39 bits per heavy atom. The number of carbonyl (C=O) groups is 1. The largest absolute Gasteiger partial charge is 0.477 e. The molecule has 0 aromatic carbocycles. The molecular weight excluding hydrogens is 403 g/mol. The number of thiocarbonyl (C=S) groups is 1. The van der Waals surface area contributed by atoms with E-state index in [1.807, 2.05) is 25.7 Å². The van der Waals surface area contributed by atoms with Gasteiger partial charge in [0.15, 0.2) is 11.6 Å². The van der Waals surface area contributed by atoms with Crippen molar-refractivity contribution in [2.45, 2.75) is 26.3 Å². The number of halogens is 1. The predicted octanol–water partition coefficient (Wildman–Crippen LogP) is 2.33. The topological polar surface area (TPSA) is 78.7 Å². The molecule has 1 N–H and O–H groups in total. The Bertz CT molecular complexity index is 1020. The number of pyridine rings is 2. The number of piperazine rings is 1. The molecule has 3 heterocycles. The van der Waals surface area contributed by atoms with Crippen molar-refractivity contribution in [1.29, 1.82) is 0 Å². The van der Waals surface area contributed by atoms with Crippen LogP contribution in [-0.2, 0) is 5.54 Å². The molecular formula is C18H21FN4O3S2. The van der Waals surface area contributed by atoms with Crippen LogP contribution in [0.3, 0.4) is 0 Å². The highest BCUT2D eigenvalue weighted by Gasteiger charge is 2.26. The third-order valence-corrected chi connectivity index (χ3v) is 5.26. The van der Waals surface area contributed by atoms with Crippen LogP contribution in [0.25, 0.3) is 11.0 Å². The van der Waals surface area contributed by atoms with Crippen LogP contribution in [0.4, 0.5) is 10.2 Å². The summed E-state index contributed by atoms with van der Waals surface area (Å²) in [6, 6.07) is 1.09. The van der Waals surface area contributed by atoms with Gasteiger partial charge in [0.2, 0.25) is 5.43 Å². The number of fused-ring (bicyclic) bond motifs is 1. The van der Waals surface area contributed by atoms with Crippen LogP contribution < -0.4 is 10.3 Å². The van der Waals surface area contributed by atoms with Crippen molar-refractivity contribution in [1.82, 2.24) is 14.5 Å². The highest BCUT2D eigenvalue weighted by Crippen LogP contribution is 2.26. The number of carboxylic acid groups (broad SMARTS) is 1. The van der Waals surface area contributed by atoms with Gasteiger partial charge in [-0.3, -0.25) is 4.79 Å². The molecule has 0 spiro atoms. The van der Waals surface area contributed by atoms with E-state index in [1.165, 1.54) is 6.20 Å². The Balaban J connectivity index is 2.17. The second-order valence-electron chi connectivity index (χ2n) is 7.64. The monoisotopic (exact) mass is 424 g/mol. The van der Waals surface area contributed by atoms with Gasteiger partial charge >= 0.3 is 5.97 Å². The van der Waals surface area contributed by atoms with Gasteiger partial charge < -0.3 is 19.5 Å². The average Bonchev–Trinajstić information content (AvgIpc) is 2.60. The third-order valence-electron chi connectivity index (χ3n) is 4.72. The minimum atomic E-state index is -1.35. The molecule has 7 nitrogen and oxygen atoms in total. The van der Waals surface area contributed by atoms with E-state index in [-0.39, 0.29) is 16.9 Å². The van der Waals surface area contributed by atoms with E-state index < -0.39 is 28.3 Å². The van der Waals surface area contributed by atoms with Gasteiger partial charge in [-0.25, -0.2) is 14.2 Å². The number of thiol groups is 1. The molecule has 0 bridgehead atoms. The molecule has 1 fully saturated rings.